The number of piperidine rings is 1. The van der Waals surface area contributed by atoms with Crippen LogP contribution in [0.5, 0.6) is 0 Å². The highest BCUT2D eigenvalue weighted by Crippen LogP contribution is 2.28. The van der Waals surface area contributed by atoms with Crippen LogP contribution >= 0.6 is 0 Å². The third kappa shape index (κ3) is 3.82. The summed E-state index contributed by atoms with van der Waals surface area (Å²) < 4.78 is 18.3. The molecule has 1 aromatic heterocycles. The number of carbonyl (C=O) groups excluding carboxylic acids is 2. The Morgan fingerprint density at radius 2 is 1.86 bits per heavy atom. The number of fused-ring (bicyclic) bond motifs is 1. The van der Waals surface area contributed by atoms with Crippen LogP contribution in [0.15, 0.2) is 40.6 Å². The predicted molar refractivity (Wildman–Crippen MR) is 102 cm³/mol. The lowest BCUT2D eigenvalue weighted by molar-refractivity contribution is 0.0983. The lowest BCUT2D eigenvalue weighted by atomic mass is 9.98. The summed E-state index contributed by atoms with van der Waals surface area (Å²) in [5, 5.41) is 9.73. The SMILES string of the molecule is O=C1C=C(Nc2ccc(F)cc2)C(=O)c2c1noc2NCCN1CCCCC1. The van der Waals surface area contributed by atoms with E-state index in [1.165, 1.54) is 49.6 Å². The van der Waals surface area contributed by atoms with Gasteiger partial charge in [-0.3, -0.25) is 9.59 Å². The number of hydrogen-bond donors (Lipinski definition) is 2. The lowest BCUT2D eigenvalue weighted by Gasteiger charge is -2.26. The third-order valence-corrected chi connectivity index (χ3v) is 4.96. The zero-order valence-electron chi connectivity index (χ0n) is 15.3. The Morgan fingerprint density at radius 1 is 1.11 bits per heavy atom. The van der Waals surface area contributed by atoms with Crippen molar-refractivity contribution in [1.29, 1.82) is 0 Å². The van der Waals surface area contributed by atoms with Crippen LogP contribution < -0.4 is 10.6 Å². The Hall–Kier alpha value is -3.00. The standard InChI is InChI=1S/C20H21FN4O3/c21-13-4-6-14(7-5-13)23-15-12-16(26)18-17(19(15)27)20(28-24-18)22-8-11-25-9-2-1-3-10-25/h4-7,12,22-23H,1-3,8-11H2. The molecule has 28 heavy (non-hydrogen) atoms. The quantitative estimate of drug-likeness (QED) is 0.791. The second-order valence-corrected chi connectivity index (χ2v) is 6.95. The minimum atomic E-state index is -0.410. The number of carbonyl (C=O) groups is 2. The number of likely N-dealkylation sites (tertiary alicyclic amines) is 1. The van der Waals surface area contributed by atoms with E-state index in [1.54, 1.807) is 0 Å². The number of aromatic nitrogens is 1. The third-order valence-electron chi connectivity index (χ3n) is 4.96. The first-order valence-electron chi connectivity index (χ1n) is 9.41. The van der Waals surface area contributed by atoms with E-state index in [2.05, 4.69) is 20.7 Å². The minimum absolute atomic E-state index is 0.00938. The fraction of sp³-hybridized carbons (Fsp3) is 0.350. The number of nitrogens with zero attached hydrogens (tertiary/aromatic N) is 2. The number of Topliss-reactive ketones (excluding diaryl/α,β-unsaturated/α-hetero) is 1. The lowest BCUT2D eigenvalue weighted by Crippen LogP contribution is -2.33. The summed E-state index contributed by atoms with van der Waals surface area (Å²) in [6.45, 7) is 3.56. The monoisotopic (exact) mass is 384 g/mol. The van der Waals surface area contributed by atoms with Crippen molar-refractivity contribution in [2.24, 2.45) is 0 Å². The van der Waals surface area contributed by atoms with E-state index < -0.39 is 5.78 Å². The van der Waals surface area contributed by atoms with Gasteiger partial charge in [0, 0.05) is 24.9 Å². The summed E-state index contributed by atoms with van der Waals surface area (Å²) in [5.41, 5.74) is 0.755. The largest absolute Gasteiger partial charge is 0.352 e. The van der Waals surface area contributed by atoms with E-state index in [9.17, 15) is 14.0 Å². The Bertz CT molecular complexity index is 914. The Balaban J connectivity index is 1.46. The van der Waals surface area contributed by atoms with Gasteiger partial charge in [0.1, 0.15) is 11.4 Å². The zero-order valence-corrected chi connectivity index (χ0v) is 15.3. The summed E-state index contributed by atoms with van der Waals surface area (Å²) in [6, 6.07) is 5.54. The first kappa shape index (κ1) is 18.4. The topological polar surface area (TPSA) is 87.5 Å². The molecule has 0 atom stereocenters. The molecule has 1 fully saturated rings. The number of rotatable bonds is 6. The molecule has 8 heteroatoms. The van der Waals surface area contributed by atoms with Gasteiger partial charge in [-0.25, -0.2) is 4.39 Å². The molecule has 1 aliphatic heterocycles. The van der Waals surface area contributed by atoms with E-state index in [0.29, 0.717) is 12.2 Å². The maximum atomic E-state index is 13.1. The summed E-state index contributed by atoms with van der Waals surface area (Å²) in [6.07, 6.45) is 4.86. The average molecular weight is 384 g/mol. The van der Waals surface area contributed by atoms with Gasteiger partial charge in [0.2, 0.25) is 17.5 Å². The molecule has 1 aliphatic carbocycles. The van der Waals surface area contributed by atoms with Crippen molar-refractivity contribution in [2.45, 2.75) is 19.3 Å². The molecule has 1 aromatic carbocycles. The highest BCUT2D eigenvalue weighted by atomic mass is 19.1. The van der Waals surface area contributed by atoms with E-state index >= 15 is 0 Å². The fourth-order valence-electron chi connectivity index (χ4n) is 3.48. The number of anilines is 2. The molecule has 2 N–H and O–H groups in total. The number of halogens is 1. The number of hydrogen-bond acceptors (Lipinski definition) is 7. The van der Waals surface area contributed by atoms with Crippen molar-refractivity contribution in [3.05, 3.63) is 53.1 Å². The molecule has 0 radical (unpaired) electrons. The Morgan fingerprint density at radius 3 is 2.61 bits per heavy atom. The molecule has 0 spiro atoms. The van der Waals surface area contributed by atoms with Crippen LogP contribution in [-0.4, -0.2) is 47.8 Å². The first-order valence-corrected chi connectivity index (χ1v) is 9.41. The van der Waals surface area contributed by atoms with Gasteiger partial charge in [-0.05, 0) is 50.2 Å². The molecule has 2 aromatic rings. The van der Waals surface area contributed by atoms with Crippen molar-refractivity contribution < 1.29 is 18.5 Å². The molecule has 0 amide bonds. The van der Waals surface area contributed by atoms with Gasteiger partial charge < -0.3 is 20.1 Å². The van der Waals surface area contributed by atoms with Crippen LogP contribution in [0.4, 0.5) is 16.0 Å². The van der Waals surface area contributed by atoms with Crippen LogP contribution in [0.1, 0.15) is 40.1 Å². The van der Waals surface area contributed by atoms with Gasteiger partial charge in [0.25, 0.3) is 0 Å². The number of ketones is 2. The van der Waals surface area contributed by atoms with Crippen LogP contribution in [0, 0.1) is 5.82 Å². The maximum absolute atomic E-state index is 13.1. The van der Waals surface area contributed by atoms with Gasteiger partial charge in [0.05, 0.1) is 5.70 Å². The van der Waals surface area contributed by atoms with Crippen LogP contribution in [0.2, 0.25) is 0 Å². The van der Waals surface area contributed by atoms with Gasteiger partial charge in [-0.15, -0.1) is 0 Å². The predicted octanol–water partition coefficient (Wildman–Crippen LogP) is 3.09. The molecule has 1 saturated heterocycles. The number of nitrogens with one attached hydrogen (secondary N) is 2. The molecule has 2 heterocycles. The van der Waals surface area contributed by atoms with E-state index in [0.717, 1.165) is 19.6 Å². The van der Waals surface area contributed by atoms with E-state index in [-0.39, 0.29) is 34.4 Å². The first-order chi connectivity index (χ1) is 13.6. The van der Waals surface area contributed by atoms with Crippen molar-refractivity contribution in [2.75, 3.05) is 36.8 Å². The highest BCUT2D eigenvalue weighted by Gasteiger charge is 2.33. The second-order valence-electron chi connectivity index (χ2n) is 6.95. The van der Waals surface area contributed by atoms with Crippen molar-refractivity contribution in [3.8, 4) is 0 Å². The van der Waals surface area contributed by atoms with Crippen LogP contribution in [0.3, 0.4) is 0 Å². The van der Waals surface area contributed by atoms with E-state index in [1.807, 2.05) is 0 Å². The van der Waals surface area contributed by atoms with Crippen molar-refractivity contribution in [1.82, 2.24) is 10.1 Å². The second kappa shape index (κ2) is 7.93. The summed E-state index contributed by atoms with van der Waals surface area (Å²) in [5.74, 6) is -0.975. The molecule has 0 unspecified atom stereocenters. The van der Waals surface area contributed by atoms with Crippen molar-refractivity contribution >= 4 is 23.1 Å². The Kier molecular flexibility index (Phi) is 5.21. The summed E-state index contributed by atoms with van der Waals surface area (Å²) in [7, 11) is 0. The number of allylic oxidation sites excluding steroid dienone is 2. The molecule has 0 saturated carbocycles. The molecule has 7 nitrogen and oxygen atoms in total. The van der Waals surface area contributed by atoms with Crippen LogP contribution in [0.25, 0.3) is 0 Å². The van der Waals surface area contributed by atoms with Gasteiger partial charge in [-0.2, -0.15) is 0 Å². The van der Waals surface area contributed by atoms with Crippen molar-refractivity contribution in [3.63, 3.8) is 0 Å². The molecular weight excluding hydrogens is 363 g/mol. The summed E-state index contributed by atoms with van der Waals surface area (Å²) in [4.78, 5) is 27.6. The highest BCUT2D eigenvalue weighted by molar-refractivity contribution is 6.26. The minimum Gasteiger partial charge on any atom is -0.352 e. The molecular formula is C20H21FN4O3. The van der Waals surface area contributed by atoms with Gasteiger partial charge in [-0.1, -0.05) is 11.6 Å². The normalized spacial score (nSPS) is 17.2. The summed E-state index contributed by atoms with van der Waals surface area (Å²) >= 11 is 0. The molecule has 146 valence electrons. The Labute approximate surface area is 161 Å². The van der Waals surface area contributed by atoms with Gasteiger partial charge >= 0.3 is 0 Å². The van der Waals surface area contributed by atoms with Crippen LogP contribution in [-0.2, 0) is 0 Å². The average Bonchev–Trinajstić information content (AvgIpc) is 3.13. The molecule has 4 rings (SSSR count). The van der Waals surface area contributed by atoms with E-state index in [4.69, 9.17) is 4.52 Å². The smallest absolute Gasteiger partial charge is 0.236 e. The van der Waals surface area contributed by atoms with Gasteiger partial charge in [0.15, 0.2) is 5.69 Å². The molecule has 2 aliphatic rings. The number of benzene rings is 1. The zero-order chi connectivity index (χ0) is 19.5. The fourth-order valence-corrected chi connectivity index (χ4v) is 3.48. The maximum Gasteiger partial charge on any atom is 0.236 e. The molecule has 0 bridgehead atoms.